The van der Waals surface area contributed by atoms with Gasteiger partial charge in [0.15, 0.2) is 0 Å². The van der Waals surface area contributed by atoms with Crippen molar-refractivity contribution in [1.82, 2.24) is 10.6 Å². The Morgan fingerprint density at radius 3 is 2.60 bits per heavy atom. The zero-order valence-corrected chi connectivity index (χ0v) is 8.53. The molecule has 3 nitrogen and oxygen atoms in total. The molecule has 0 radical (unpaired) electrons. The Balaban J connectivity index is 3.62. The number of amides is 1. The molecule has 0 aromatic carbocycles. The predicted octanol–water partition coefficient (Wildman–Crippen LogP) is 1.22. The Bertz CT molecular complexity index is 216. The van der Waals surface area contributed by atoms with Crippen LogP contribution in [-0.2, 0) is 4.79 Å². The maximum absolute atomic E-state index is 11.7. The van der Waals surface area contributed by atoms with Gasteiger partial charge < -0.3 is 10.6 Å². The summed E-state index contributed by atoms with van der Waals surface area (Å²) < 4.78 is 35.1. The van der Waals surface area contributed by atoms with Gasteiger partial charge in [0.2, 0.25) is 5.91 Å². The van der Waals surface area contributed by atoms with Crippen LogP contribution in [0, 0.1) is 0 Å². The van der Waals surface area contributed by atoms with E-state index < -0.39 is 18.6 Å². The second-order valence-corrected chi connectivity index (χ2v) is 3.20. The van der Waals surface area contributed by atoms with E-state index in [2.05, 4.69) is 11.9 Å². The van der Waals surface area contributed by atoms with Crippen molar-refractivity contribution in [2.45, 2.75) is 25.6 Å². The summed E-state index contributed by atoms with van der Waals surface area (Å²) in [6.45, 7) is 3.92. The molecule has 88 valence electrons. The maximum atomic E-state index is 11.7. The monoisotopic (exact) mass is 224 g/mol. The van der Waals surface area contributed by atoms with Crippen molar-refractivity contribution in [2.75, 3.05) is 13.1 Å². The van der Waals surface area contributed by atoms with Gasteiger partial charge in [-0.25, -0.2) is 0 Å². The normalized spacial score (nSPS) is 13.3. The van der Waals surface area contributed by atoms with Crippen molar-refractivity contribution in [2.24, 2.45) is 0 Å². The highest BCUT2D eigenvalue weighted by Crippen LogP contribution is 2.11. The first-order valence-electron chi connectivity index (χ1n) is 4.53. The average molecular weight is 224 g/mol. The smallest absolute Gasteiger partial charge is 0.346 e. The molecule has 0 bridgehead atoms. The molecule has 0 rings (SSSR count). The lowest BCUT2D eigenvalue weighted by Crippen LogP contribution is -2.41. The van der Waals surface area contributed by atoms with Crippen molar-refractivity contribution in [3.05, 3.63) is 12.7 Å². The largest absolute Gasteiger partial charge is 0.405 e. The van der Waals surface area contributed by atoms with Gasteiger partial charge in [-0.3, -0.25) is 4.79 Å². The van der Waals surface area contributed by atoms with Crippen LogP contribution in [0.2, 0.25) is 0 Å². The topological polar surface area (TPSA) is 41.1 Å². The molecule has 15 heavy (non-hydrogen) atoms. The first kappa shape index (κ1) is 14.0. The lowest BCUT2D eigenvalue weighted by Gasteiger charge is -2.12. The SMILES string of the molecule is C=CCC(C)NCC(=O)NCC(F)(F)F. The van der Waals surface area contributed by atoms with Crippen LogP contribution in [0.3, 0.4) is 0 Å². The highest BCUT2D eigenvalue weighted by Gasteiger charge is 2.27. The summed E-state index contributed by atoms with van der Waals surface area (Å²) in [6.07, 6.45) is -2.03. The van der Waals surface area contributed by atoms with Crippen LogP contribution in [0.25, 0.3) is 0 Å². The zero-order valence-electron chi connectivity index (χ0n) is 8.53. The molecule has 0 fully saturated rings. The minimum atomic E-state index is -4.36. The molecule has 0 aromatic heterocycles. The fourth-order valence-corrected chi connectivity index (χ4v) is 0.862. The molecule has 1 amide bonds. The first-order chi connectivity index (χ1) is 6.85. The van der Waals surface area contributed by atoms with Gasteiger partial charge in [-0.05, 0) is 13.3 Å². The number of hydrogen-bond acceptors (Lipinski definition) is 2. The highest BCUT2D eigenvalue weighted by molar-refractivity contribution is 5.78. The molecule has 0 saturated heterocycles. The van der Waals surface area contributed by atoms with E-state index in [1.807, 2.05) is 6.92 Å². The summed E-state index contributed by atoms with van der Waals surface area (Å²) in [5, 5.41) is 4.54. The molecule has 0 saturated carbocycles. The number of hydrogen-bond donors (Lipinski definition) is 2. The van der Waals surface area contributed by atoms with E-state index in [0.717, 1.165) is 0 Å². The average Bonchev–Trinajstić information content (AvgIpc) is 2.11. The van der Waals surface area contributed by atoms with Crippen molar-refractivity contribution < 1.29 is 18.0 Å². The molecule has 2 N–H and O–H groups in total. The van der Waals surface area contributed by atoms with E-state index in [0.29, 0.717) is 6.42 Å². The minimum Gasteiger partial charge on any atom is -0.346 e. The van der Waals surface area contributed by atoms with Gasteiger partial charge >= 0.3 is 6.18 Å². The Hall–Kier alpha value is -1.04. The van der Waals surface area contributed by atoms with Crippen molar-refractivity contribution in [3.63, 3.8) is 0 Å². The van der Waals surface area contributed by atoms with Crippen LogP contribution < -0.4 is 10.6 Å². The summed E-state index contributed by atoms with van der Waals surface area (Å²) in [5.74, 6) is -0.664. The Labute approximate surface area is 86.7 Å². The van der Waals surface area contributed by atoms with E-state index >= 15 is 0 Å². The molecule has 1 atom stereocenters. The van der Waals surface area contributed by atoms with Gasteiger partial charge in [0.25, 0.3) is 0 Å². The Morgan fingerprint density at radius 1 is 1.53 bits per heavy atom. The fourth-order valence-electron chi connectivity index (χ4n) is 0.862. The van der Waals surface area contributed by atoms with Crippen molar-refractivity contribution in [3.8, 4) is 0 Å². The van der Waals surface area contributed by atoms with Crippen LogP contribution in [0.15, 0.2) is 12.7 Å². The van der Waals surface area contributed by atoms with Crippen molar-refractivity contribution in [1.29, 1.82) is 0 Å². The number of nitrogens with one attached hydrogen (secondary N) is 2. The molecular formula is C9H15F3N2O. The van der Waals surface area contributed by atoms with Crippen molar-refractivity contribution >= 4 is 5.91 Å². The lowest BCUT2D eigenvalue weighted by atomic mass is 10.2. The van der Waals surface area contributed by atoms with Gasteiger partial charge in [0.1, 0.15) is 6.54 Å². The summed E-state index contributed by atoms with van der Waals surface area (Å²) >= 11 is 0. The third kappa shape index (κ3) is 9.27. The standard InChI is InChI=1S/C9H15F3N2O/c1-3-4-7(2)13-5-8(15)14-6-9(10,11)12/h3,7,13H,1,4-6H2,2H3,(H,14,15). The second-order valence-electron chi connectivity index (χ2n) is 3.20. The fraction of sp³-hybridized carbons (Fsp3) is 0.667. The van der Waals surface area contributed by atoms with E-state index in [1.54, 1.807) is 11.4 Å². The third-order valence-electron chi connectivity index (χ3n) is 1.62. The molecule has 1 unspecified atom stereocenters. The molecule has 0 aromatic rings. The summed E-state index contributed by atoms with van der Waals surface area (Å²) in [6, 6.07) is 0.0270. The molecule has 0 aliphatic rings. The van der Waals surface area contributed by atoms with E-state index in [4.69, 9.17) is 0 Å². The van der Waals surface area contributed by atoms with Crippen LogP contribution in [0.4, 0.5) is 13.2 Å². The van der Waals surface area contributed by atoms with E-state index in [9.17, 15) is 18.0 Å². The number of alkyl halides is 3. The Morgan fingerprint density at radius 2 is 2.13 bits per heavy atom. The molecule has 0 spiro atoms. The Kier molecular flexibility index (Phi) is 6.00. The maximum Gasteiger partial charge on any atom is 0.405 e. The molecule has 0 aliphatic carbocycles. The van der Waals surface area contributed by atoms with Gasteiger partial charge in [-0.2, -0.15) is 13.2 Å². The third-order valence-corrected chi connectivity index (χ3v) is 1.62. The molecule has 0 heterocycles. The highest BCUT2D eigenvalue weighted by atomic mass is 19.4. The first-order valence-corrected chi connectivity index (χ1v) is 4.53. The summed E-state index contributed by atoms with van der Waals surface area (Å²) in [5.41, 5.74) is 0. The summed E-state index contributed by atoms with van der Waals surface area (Å²) in [7, 11) is 0. The van der Waals surface area contributed by atoms with Crippen LogP contribution >= 0.6 is 0 Å². The minimum absolute atomic E-state index is 0.0270. The van der Waals surface area contributed by atoms with Gasteiger partial charge in [-0.1, -0.05) is 6.08 Å². The quantitative estimate of drug-likeness (QED) is 0.666. The second kappa shape index (κ2) is 6.44. The number of carbonyl (C=O) groups excluding carboxylic acids is 1. The van der Waals surface area contributed by atoms with Gasteiger partial charge in [-0.15, -0.1) is 6.58 Å². The molecule has 6 heteroatoms. The van der Waals surface area contributed by atoms with Crippen LogP contribution in [0.1, 0.15) is 13.3 Å². The predicted molar refractivity (Wildman–Crippen MR) is 51.3 cm³/mol. The van der Waals surface area contributed by atoms with Gasteiger partial charge in [0, 0.05) is 6.04 Å². The molecule has 0 aliphatic heterocycles. The van der Waals surface area contributed by atoms with E-state index in [1.165, 1.54) is 0 Å². The molecular weight excluding hydrogens is 209 g/mol. The number of rotatable bonds is 6. The van der Waals surface area contributed by atoms with Crippen LogP contribution in [-0.4, -0.2) is 31.2 Å². The van der Waals surface area contributed by atoms with Crippen LogP contribution in [0.5, 0.6) is 0 Å². The number of halogens is 3. The van der Waals surface area contributed by atoms with E-state index in [-0.39, 0.29) is 12.6 Å². The zero-order chi connectivity index (χ0) is 11.9. The lowest BCUT2D eigenvalue weighted by molar-refractivity contribution is -0.137. The van der Waals surface area contributed by atoms with Gasteiger partial charge in [0.05, 0.1) is 6.54 Å². The number of carbonyl (C=O) groups is 1. The summed E-state index contributed by atoms with van der Waals surface area (Å²) in [4.78, 5) is 10.9.